The number of benzene rings is 5. The number of carbonyl (C=O) groups is 2. The zero-order valence-corrected chi connectivity index (χ0v) is 62.0. The van der Waals surface area contributed by atoms with Gasteiger partial charge in [0.25, 0.3) is 0 Å². The van der Waals surface area contributed by atoms with E-state index in [0.717, 1.165) is 39.9 Å². The number of fused-ring (bicyclic) bond motifs is 2. The number of nitrogens with two attached hydrogens (primary N) is 3. The number of nitrogens with zero attached hydrogens (tertiary/aromatic N) is 8. The SMILES string of the molecule is C=C1N=C(N)C=CN1[C@H]1C[C@@H](O)[C@@H](COP(=O)(O)O)S1.C=C1N=C(N)N=CN1[C@H]1C[C@@H](O)[C@@H](COP(=O)(N[C@@H](C)C(=O)OCC(CC)CC)Oc2cccc3ccccc23)S1.C=C1N=C(N)N=CN1[C@H]1C[C@@H](O)[C@@H](COP(=O)(N[C@@H](C)C(=O)OCc2ccccc2)Oc2cccc3ccccc23)S1. The second-order valence-electron chi connectivity index (χ2n) is 24.2. The molecule has 3 saturated heterocycles. The fraction of sp³-hybridized carbons (Fsp3) is 0.388. The van der Waals surface area contributed by atoms with Gasteiger partial charge in [0.2, 0.25) is 11.9 Å². The van der Waals surface area contributed by atoms with E-state index < -0.39 is 81.4 Å². The maximum Gasteiger partial charge on any atom is 0.469 e. The van der Waals surface area contributed by atoms with E-state index in [1.807, 2.05) is 105 Å². The highest BCUT2D eigenvalue weighted by molar-refractivity contribution is 8.01. The molecule has 2 unspecified atom stereocenters. The number of phosphoric ester groups is 1. The van der Waals surface area contributed by atoms with Crippen LogP contribution in [0.4, 0.5) is 0 Å². The molecule has 0 saturated carbocycles. The molecule has 0 aliphatic carbocycles. The molecule has 554 valence electrons. The van der Waals surface area contributed by atoms with Crippen LogP contribution in [0.15, 0.2) is 190 Å². The van der Waals surface area contributed by atoms with Gasteiger partial charge in [0, 0.05) is 36.2 Å². The van der Waals surface area contributed by atoms with Crippen molar-refractivity contribution in [1.29, 1.82) is 0 Å². The number of aliphatic imine (C=N–C) groups is 5. The van der Waals surface area contributed by atoms with Crippen LogP contribution >= 0.6 is 58.6 Å². The van der Waals surface area contributed by atoms with E-state index in [1.54, 1.807) is 58.2 Å². The second kappa shape index (κ2) is 36.5. The number of carbonyl (C=O) groups excluding carboxylic acids is 2. The number of aliphatic hydroxyl groups excluding tert-OH is 3. The highest BCUT2D eigenvalue weighted by Gasteiger charge is 2.44. The summed E-state index contributed by atoms with van der Waals surface area (Å²) in [4.78, 5) is 68.5. The van der Waals surface area contributed by atoms with E-state index in [0.29, 0.717) is 54.1 Å². The van der Waals surface area contributed by atoms with Crippen molar-refractivity contribution in [2.75, 3.05) is 26.4 Å². The summed E-state index contributed by atoms with van der Waals surface area (Å²) >= 11 is 4.17. The largest absolute Gasteiger partial charge is 0.469 e. The van der Waals surface area contributed by atoms with Crippen molar-refractivity contribution < 1.29 is 80.5 Å². The minimum Gasteiger partial charge on any atom is -0.464 e. The van der Waals surface area contributed by atoms with Gasteiger partial charge in [0.05, 0.1) is 76.6 Å². The Morgan fingerprint density at radius 3 is 1.42 bits per heavy atom. The molecule has 0 amide bonds. The maximum atomic E-state index is 14.2. The molecule has 30 nitrogen and oxygen atoms in total. The number of amidine groups is 1. The molecule has 6 heterocycles. The normalized spacial score (nSPS) is 24.3. The van der Waals surface area contributed by atoms with E-state index in [-0.39, 0.29) is 67.0 Å². The fourth-order valence-electron chi connectivity index (χ4n) is 10.9. The molecule has 0 spiro atoms. The van der Waals surface area contributed by atoms with Gasteiger partial charge in [0.15, 0.2) is 0 Å². The summed E-state index contributed by atoms with van der Waals surface area (Å²) in [5, 5.41) is 38.4. The molecule has 6 aliphatic rings. The van der Waals surface area contributed by atoms with Gasteiger partial charge in [-0.1, -0.05) is 150 Å². The summed E-state index contributed by atoms with van der Waals surface area (Å²) in [5.41, 5.74) is 17.7. The number of hydrogen-bond acceptors (Lipinski definition) is 29. The number of esters is 2. The third kappa shape index (κ3) is 22.6. The average Bonchev–Trinajstić information content (AvgIpc) is 1.58. The van der Waals surface area contributed by atoms with Crippen molar-refractivity contribution >= 4 is 123 Å². The lowest BCUT2D eigenvalue weighted by Gasteiger charge is -2.28. The zero-order valence-electron chi connectivity index (χ0n) is 56.9. The molecule has 3 fully saturated rings. The topological polar surface area (TPSA) is 425 Å². The monoisotopic (exact) mass is 1530 g/mol. The quantitative estimate of drug-likeness (QED) is 0.0165. The molecular weight excluding hydrogens is 1450 g/mol. The van der Waals surface area contributed by atoms with Crippen LogP contribution in [0.2, 0.25) is 0 Å². The summed E-state index contributed by atoms with van der Waals surface area (Å²) in [6.45, 7) is 18.6. The van der Waals surface area contributed by atoms with Gasteiger partial charge in [-0.15, -0.1) is 35.3 Å². The van der Waals surface area contributed by atoms with Crippen molar-refractivity contribution in [3.8, 4) is 11.5 Å². The van der Waals surface area contributed by atoms with Crippen LogP contribution in [0, 0.1) is 5.92 Å². The van der Waals surface area contributed by atoms with Crippen molar-refractivity contribution in [1.82, 2.24) is 24.9 Å². The van der Waals surface area contributed by atoms with Crippen LogP contribution in [-0.4, -0.2) is 171 Å². The molecule has 13 atom stereocenters. The molecule has 5 aromatic rings. The first-order valence-corrected chi connectivity index (χ1v) is 40.2. The second-order valence-corrected chi connectivity index (χ2v) is 33.1. The van der Waals surface area contributed by atoms with E-state index >= 15 is 0 Å². The van der Waals surface area contributed by atoms with Gasteiger partial charge >= 0.3 is 35.3 Å². The Morgan fingerprint density at radius 2 is 0.981 bits per heavy atom. The molecule has 36 heteroatoms. The Labute approximate surface area is 609 Å². The summed E-state index contributed by atoms with van der Waals surface area (Å²) in [5.74, 6) is 1.59. The van der Waals surface area contributed by atoms with Gasteiger partial charge in [-0.25, -0.2) is 28.7 Å². The molecule has 103 heavy (non-hydrogen) atoms. The fourth-order valence-corrected chi connectivity index (χ4v) is 19.1. The number of rotatable bonds is 28. The highest BCUT2D eigenvalue weighted by Crippen LogP contribution is 2.51. The van der Waals surface area contributed by atoms with E-state index in [1.165, 1.54) is 54.9 Å². The highest BCUT2D eigenvalue weighted by atomic mass is 32.2. The van der Waals surface area contributed by atoms with Crippen molar-refractivity contribution in [3.05, 3.63) is 170 Å². The van der Waals surface area contributed by atoms with Crippen molar-refractivity contribution in [3.63, 3.8) is 0 Å². The van der Waals surface area contributed by atoms with Crippen LogP contribution in [0.25, 0.3) is 21.5 Å². The summed E-state index contributed by atoms with van der Waals surface area (Å²) in [6, 6.07) is 33.0. The number of guanidine groups is 2. The lowest BCUT2D eigenvalue weighted by atomic mass is 10.1. The Balaban J connectivity index is 0.000000191. The van der Waals surface area contributed by atoms with Crippen LogP contribution in [0.5, 0.6) is 11.5 Å². The number of aliphatic hydroxyl groups is 3. The molecular formula is C67H86N13O17P3S3. The van der Waals surface area contributed by atoms with Crippen molar-refractivity contribution in [2.24, 2.45) is 48.1 Å². The molecule has 0 aromatic heterocycles. The molecule has 5 aromatic carbocycles. The minimum absolute atomic E-state index is 0.0636. The molecule has 6 aliphatic heterocycles. The Hall–Kier alpha value is -7.39. The number of phosphoric acid groups is 1. The van der Waals surface area contributed by atoms with Gasteiger partial charge in [-0.3, -0.25) is 23.2 Å². The number of thioether (sulfide) groups is 3. The van der Waals surface area contributed by atoms with Crippen LogP contribution in [-0.2, 0) is 52.9 Å². The first-order valence-electron chi connectivity index (χ1n) is 32.8. The molecule has 0 bridgehead atoms. The third-order valence-electron chi connectivity index (χ3n) is 16.6. The molecule has 11 rings (SSSR count). The van der Waals surface area contributed by atoms with Crippen LogP contribution in [0.3, 0.4) is 0 Å². The first kappa shape index (κ1) is 79.7. The smallest absolute Gasteiger partial charge is 0.464 e. The number of ether oxygens (including phenoxy) is 2. The predicted octanol–water partition coefficient (Wildman–Crippen LogP) is 8.96. The van der Waals surface area contributed by atoms with Crippen LogP contribution < -0.4 is 36.4 Å². The minimum atomic E-state index is -4.52. The van der Waals surface area contributed by atoms with E-state index in [2.05, 4.69) is 59.4 Å². The first-order chi connectivity index (χ1) is 49.1. The summed E-state index contributed by atoms with van der Waals surface area (Å²) < 4.78 is 78.3. The standard InChI is InChI=1S/C29H32N5O6PS.C28H38N5O6PS.C10H16N3O5PS/c1-19(28(36)38-16-21-9-4-3-5-10-21)33-41(37,40-25-14-8-12-22-11-6-7-13-23(22)25)39-17-26-24(35)15-27(42-26)34-18-31-29(30)32-20(34)2;1-5-20(6-2)15-37-27(35)18(3)32-40(36,39-24-13-9-11-21-10-7-8-12-22(21)24)38-16-25-23(34)14-26(41-25)33-17-30-28(29)31-19(33)4;1-6-12-9(11)2-3-13(6)10-4-7(14)8(20-10)5-18-19(15,16)17/h3-14,18-19,24,26-27,35H,2,15-17H2,1H3,(H2,30,32)(H,33,37);7-13,17-18,20,23,25-26,34H,4-6,14-16H2,1-3H3,(H2,29,31)(H,32,36);2-3,7-8,10,14H,1,4-5H2,(H2,11,12)(H2,15,16,17)/t19-,24+,26+,27+,41?;18-,23+,25+,26+,40?;7-,8-,10-/m001/s1. The molecule has 13 N–H and O–H groups in total. The van der Waals surface area contributed by atoms with Crippen molar-refractivity contribution in [2.45, 2.75) is 129 Å². The van der Waals surface area contributed by atoms with Gasteiger partial charge in [0.1, 0.15) is 66.2 Å². The van der Waals surface area contributed by atoms with E-state index in [9.17, 15) is 38.6 Å². The zero-order chi connectivity index (χ0) is 74.2. The third-order valence-corrected chi connectivity index (χ3v) is 25.0. The predicted molar refractivity (Wildman–Crippen MR) is 402 cm³/mol. The lowest BCUT2D eigenvalue weighted by molar-refractivity contribution is -0.147. The number of nitrogens with one attached hydrogen (secondary N) is 2. The Morgan fingerprint density at radius 1 is 0.573 bits per heavy atom. The van der Waals surface area contributed by atoms with E-state index in [4.69, 9.17) is 54.6 Å². The summed E-state index contributed by atoms with van der Waals surface area (Å²) in [6.07, 6.45) is 7.05. The van der Waals surface area contributed by atoms with Crippen LogP contribution in [0.1, 0.15) is 65.4 Å². The Kier molecular flexibility index (Phi) is 28.3. The lowest BCUT2D eigenvalue weighted by Crippen LogP contribution is -2.36. The maximum absolute atomic E-state index is 14.2. The number of hydrogen-bond donors (Lipinski definition) is 10. The molecule has 0 radical (unpaired) electrons. The van der Waals surface area contributed by atoms with Gasteiger partial charge in [-0.05, 0) is 54.3 Å². The average molecular weight is 1530 g/mol. The Bertz CT molecular complexity index is 4180. The summed E-state index contributed by atoms with van der Waals surface area (Å²) in [7, 11) is -12.8. The van der Waals surface area contributed by atoms with Gasteiger partial charge in [-0.2, -0.15) is 20.2 Å². The van der Waals surface area contributed by atoms with Gasteiger partial charge < -0.3 is 75.5 Å².